The molecule has 0 radical (unpaired) electrons. The highest BCUT2D eigenvalue weighted by atomic mass is 32.2. The first-order valence-corrected chi connectivity index (χ1v) is 9.46. The van der Waals surface area contributed by atoms with Crippen molar-refractivity contribution in [1.29, 1.82) is 0 Å². The second kappa shape index (κ2) is 7.90. The Kier molecular flexibility index (Phi) is 6.15. The lowest BCUT2D eigenvalue weighted by Gasteiger charge is -2.22. The average molecular weight is 340 g/mol. The first-order valence-electron chi connectivity index (χ1n) is 7.64. The number of likely N-dealkylation sites (N-methyl/N-ethyl adjacent to an activating group) is 1. The van der Waals surface area contributed by atoms with Crippen molar-refractivity contribution in [2.24, 2.45) is 0 Å². The summed E-state index contributed by atoms with van der Waals surface area (Å²) in [6, 6.07) is 7.73. The summed E-state index contributed by atoms with van der Waals surface area (Å²) in [7, 11) is 0.504. The van der Waals surface area contributed by atoms with E-state index < -0.39 is 9.84 Å². The maximum absolute atomic E-state index is 12.1. The van der Waals surface area contributed by atoms with Crippen molar-refractivity contribution in [1.82, 2.24) is 10.2 Å². The average Bonchev–Trinajstić information content (AvgIpc) is 2.87. The van der Waals surface area contributed by atoms with Gasteiger partial charge in [0.1, 0.15) is 0 Å². The number of ether oxygens (including phenoxy) is 1. The summed E-state index contributed by atoms with van der Waals surface area (Å²) in [5, 5.41) is 2.89. The summed E-state index contributed by atoms with van der Waals surface area (Å²) >= 11 is 0. The molecule has 0 bridgehead atoms. The van der Waals surface area contributed by atoms with Crippen LogP contribution in [0.1, 0.15) is 17.5 Å². The maximum atomic E-state index is 12.1. The fraction of sp³-hybridized carbons (Fsp3) is 0.562. The maximum Gasteiger partial charge on any atom is 0.234 e. The molecular weight excluding hydrogens is 316 g/mol. The first kappa shape index (κ1) is 17.9. The quantitative estimate of drug-likeness (QED) is 0.785. The van der Waals surface area contributed by atoms with Crippen molar-refractivity contribution in [3.05, 3.63) is 35.4 Å². The highest BCUT2D eigenvalue weighted by Crippen LogP contribution is 2.16. The van der Waals surface area contributed by atoms with Gasteiger partial charge in [-0.3, -0.25) is 9.69 Å². The number of sulfone groups is 1. The minimum Gasteiger partial charge on any atom is -0.380 e. The largest absolute Gasteiger partial charge is 0.380 e. The molecular formula is C16H24N2O4S. The van der Waals surface area contributed by atoms with Gasteiger partial charge in [-0.2, -0.15) is 0 Å². The van der Waals surface area contributed by atoms with E-state index in [2.05, 4.69) is 5.32 Å². The van der Waals surface area contributed by atoms with Crippen LogP contribution in [0.4, 0.5) is 0 Å². The highest BCUT2D eigenvalue weighted by molar-refractivity contribution is 7.91. The first-order chi connectivity index (χ1) is 10.9. The minimum absolute atomic E-state index is 0.0634. The molecule has 23 heavy (non-hydrogen) atoms. The lowest BCUT2D eigenvalue weighted by atomic mass is 10.1. The molecule has 2 rings (SSSR count). The van der Waals surface area contributed by atoms with Gasteiger partial charge in [0.25, 0.3) is 0 Å². The number of rotatable bonds is 7. The van der Waals surface area contributed by atoms with Crippen molar-refractivity contribution < 1.29 is 17.9 Å². The Labute approximate surface area is 137 Å². The molecule has 1 fully saturated rings. The zero-order valence-corrected chi connectivity index (χ0v) is 14.4. The van der Waals surface area contributed by atoms with E-state index in [1.165, 1.54) is 0 Å². The number of amides is 1. The Balaban J connectivity index is 1.83. The molecule has 1 atom stereocenters. The Morgan fingerprint density at radius 2 is 2.04 bits per heavy atom. The van der Waals surface area contributed by atoms with Crippen molar-refractivity contribution in [2.75, 3.05) is 32.2 Å². The molecule has 128 valence electrons. The van der Waals surface area contributed by atoms with E-state index in [9.17, 15) is 13.2 Å². The van der Waals surface area contributed by atoms with Gasteiger partial charge in [0.05, 0.1) is 24.7 Å². The van der Waals surface area contributed by atoms with Gasteiger partial charge in [0.2, 0.25) is 5.91 Å². The van der Waals surface area contributed by atoms with Crippen molar-refractivity contribution >= 4 is 15.7 Å². The molecule has 0 aromatic heterocycles. The number of methoxy groups -OCH3 is 1. The lowest BCUT2D eigenvalue weighted by molar-refractivity contribution is -0.122. The van der Waals surface area contributed by atoms with E-state index in [0.717, 1.165) is 11.1 Å². The van der Waals surface area contributed by atoms with Gasteiger partial charge in [-0.1, -0.05) is 24.3 Å². The van der Waals surface area contributed by atoms with Gasteiger partial charge >= 0.3 is 0 Å². The Morgan fingerprint density at radius 1 is 1.35 bits per heavy atom. The molecule has 1 N–H and O–H groups in total. The Morgan fingerprint density at radius 3 is 2.65 bits per heavy atom. The van der Waals surface area contributed by atoms with Gasteiger partial charge in [-0.05, 0) is 24.6 Å². The normalized spacial score (nSPS) is 19.9. The molecule has 0 saturated carbocycles. The molecule has 1 saturated heterocycles. The number of benzene rings is 1. The van der Waals surface area contributed by atoms with Crippen LogP contribution in [0.25, 0.3) is 0 Å². The summed E-state index contributed by atoms with van der Waals surface area (Å²) < 4.78 is 28.2. The van der Waals surface area contributed by atoms with E-state index in [-0.39, 0.29) is 30.0 Å². The van der Waals surface area contributed by atoms with Gasteiger partial charge in [0.15, 0.2) is 9.84 Å². The molecule has 1 aromatic rings. The summed E-state index contributed by atoms with van der Waals surface area (Å²) in [6.45, 7) is 1.15. The summed E-state index contributed by atoms with van der Waals surface area (Å²) in [6.07, 6.45) is 0.600. The van der Waals surface area contributed by atoms with E-state index in [4.69, 9.17) is 4.74 Å². The third kappa shape index (κ3) is 5.30. The fourth-order valence-electron chi connectivity index (χ4n) is 2.75. The molecule has 1 heterocycles. The number of hydrogen-bond donors (Lipinski definition) is 1. The lowest BCUT2D eigenvalue weighted by Crippen LogP contribution is -2.41. The second-order valence-corrected chi connectivity index (χ2v) is 8.18. The van der Waals surface area contributed by atoms with Crippen LogP contribution in [0.2, 0.25) is 0 Å². The number of hydrogen-bond acceptors (Lipinski definition) is 5. The van der Waals surface area contributed by atoms with Crippen molar-refractivity contribution in [3.63, 3.8) is 0 Å². The van der Waals surface area contributed by atoms with E-state index >= 15 is 0 Å². The second-order valence-electron chi connectivity index (χ2n) is 5.95. The van der Waals surface area contributed by atoms with E-state index in [1.807, 2.05) is 29.2 Å². The van der Waals surface area contributed by atoms with Crippen LogP contribution in [-0.4, -0.2) is 57.5 Å². The van der Waals surface area contributed by atoms with E-state index in [1.54, 1.807) is 14.2 Å². The standard InChI is InChI=1S/C16H24N2O4S/c1-18(15-7-8-23(20,21)12-15)10-16(19)17-9-13-5-3-4-6-14(13)11-22-2/h3-6,15H,7-12H2,1-2H3,(H,17,19)/t15-/m1/s1. The molecule has 1 aromatic carbocycles. The Hall–Kier alpha value is -1.44. The smallest absolute Gasteiger partial charge is 0.234 e. The summed E-state index contributed by atoms with van der Waals surface area (Å²) in [5.74, 6) is 0.255. The minimum atomic E-state index is -2.93. The Bertz CT molecular complexity index is 645. The molecule has 0 spiro atoms. The molecule has 6 nitrogen and oxygen atoms in total. The van der Waals surface area contributed by atoms with Crippen LogP contribution in [0, 0.1) is 0 Å². The van der Waals surface area contributed by atoms with Crippen LogP contribution in [0.15, 0.2) is 24.3 Å². The van der Waals surface area contributed by atoms with Gasteiger partial charge in [0, 0.05) is 19.7 Å². The molecule has 0 unspecified atom stereocenters. The van der Waals surface area contributed by atoms with Gasteiger partial charge < -0.3 is 10.1 Å². The van der Waals surface area contributed by atoms with Gasteiger partial charge in [-0.15, -0.1) is 0 Å². The third-order valence-electron chi connectivity index (χ3n) is 4.12. The number of nitrogens with one attached hydrogen (secondary N) is 1. The van der Waals surface area contributed by atoms with Crippen molar-refractivity contribution in [3.8, 4) is 0 Å². The van der Waals surface area contributed by atoms with Crippen LogP contribution < -0.4 is 5.32 Å². The summed E-state index contributed by atoms with van der Waals surface area (Å²) in [5.41, 5.74) is 2.07. The predicted octanol–water partition coefficient (Wildman–Crippen LogP) is 0.568. The topological polar surface area (TPSA) is 75.7 Å². The van der Waals surface area contributed by atoms with Crippen LogP contribution in [-0.2, 0) is 32.5 Å². The van der Waals surface area contributed by atoms with Crippen LogP contribution in [0.3, 0.4) is 0 Å². The third-order valence-corrected chi connectivity index (χ3v) is 5.87. The van der Waals surface area contributed by atoms with Gasteiger partial charge in [-0.25, -0.2) is 8.42 Å². The monoisotopic (exact) mass is 340 g/mol. The molecule has 1 aliphatic heterocycles. The predicted molar refractivity (Wildman–Crippen MR) is 88.7 cm³/mol. The van der Waals surface area contributed by atoms with Crippen molar-refractivity contribution in [2.45, 2.75) is 25.6 Å². The van der Waals surface area contributed by atoms with Crippen LogP contribution in [0.5, 0.6) is 0 Å². The SMILES string of the molecule is COCc1ccccc1CNC(=O)CN(C)[C@@H]1CCS(=O)(=O)C1. The zero-order valence-electron chi connectivity index (χ0n) is 13.6. The molecule has 7 heteroatoms. The summed E-state index contributed by atoms with van der Waals surface area (Å²) in [4.78, 5) is 13.9. The fourth-order valence-corrected chi connectivity index (χ4v) is 4.56. The van der Waals surface area contributed by atoms with Crippen LogP contribution >= 0.6 is 0 Å². The molecule has 1 amide bonds. The number of nitrogens with zero attached hydrogens (tertiary/aromatic N) is 1. The molecule has 0 aliphatic carbocycles. The zero-order chi connectivity index (χ0) is 16.9. The van der Waals surface area contributed by atoms with E-state index in [0.29, 0.717) is 19.6 Å². The number of carbonyl (C=O) groups is 1. The molecule has 1 aliphatic rings. The number of carbonyl (C=O) groups excluding carboxylic acids is 1. The highest BCUT2D eigenvalue weighted by Gasteiger charge is 2.31.